The van der Waals surface area contributed by atoms with Crippen molar-refractivity contribution in [3.05, 3.63) is 58.9 Å². The van der Waals surface area contributed by atoms with Crippen LogP contribution in [0.4, 0.5) is 11.4 Å². The monoisotopic (exact) mass is 402 g/mol. The van der Waals surface area contributed by atoms with E-state index in [2.05, 4.69) is 54.3 Å². The molecule has 4 rings (SSSR count). The van der Waals surface area contributed by atoms with Crippen LogP contribution in [0, 0.1) is 20.8 Å². The van der Waals surface area contributed by atoms with Crippen LogP contribution in [0.3, 0.4) is 0 Å². The number of carbonyl (C=O) groups is 1. The van der Waals surface area contributed by atoms with Crippen LogP contribution in [0.15, 0.2) is 36.5 Å². The Morgan fingerprint density at radius 3 is 2.73 bits per heavy atom. The maximum Gasteiger partial charge on any atom is 0.257 e. The van der Waals surface area contributed by atoms with Gasteiger partial charge in [-0.15, -0.1) is 0 Å². The zero-order chi connectivity index (χ0) is 21.3. The van der Waals surface area contributed by atoms with Gasteiger partial charge in [-0.3, -0.25) is 4.79 Å². The van der Waals surface area contributed by atoms with Crippen LogP contribution in [0.1, 0.15) is 59.8 Å². The molecule has 1 aliphatic rings. The third-order valence-corrected chi connectivity index (χ3v) is 6.23. The molecule has 5 heteroatoms. The molecule has 1 amide bonds. The van der Waals surface area contributed by atoms with E-state index in [4.69, 9.17) is 0 Å². The molecule has 0 saturated carbocycles. The van der Waals surface area contributed by atoms with Gasteiger partial charge in [-0.1, -0.05) is 13.0 Å². The summed E-state index contributed by atoms with van der Waals surface area (Å²) >= 11 is 0. The quantitative estimate of drug-likeness (QED) is 0.608. The van der Waals surface area contributed by atoms with Gasteiger partial charge in [-0.2, -0.15) is 0 Å². The Bertz CT molecular complexity index is 1090. The number of piperidine rings is 1. The fourth-order valence-electron chi connectivity index (χ4n) is 4.28. The van der Waals surface area contributed by atoms with Gasteiger partial charge in [0.15, 0.2) is 5.65 Å². The molecule has 1 saturated heterocycles. The Balaban J connectivity index is 1.82. The van der Waals surface area contributed by atoms with Gasteiger partial charge in [0.05, 0.1) is 11.3 Å². The number of likely N-dealkylation sites (tertiary alicyclic amines) is 1. The highest BCUT2D eigenvalue weighted by Crippen LogP contribution is 2.32. The number of amides is 1. The Hall–Kier alpha value is -2.95. The van der Waals surface area contributed by atoms with Crippen LogP contribution in [-0.2, 0) is 0 Å². The van der Waals surface area contributed by atoms with Crippen LogP contribution in [0.2, 0.25) is 0 Å². The smallest absolute Gasteiger partial charge is 0.257 e. The Labute approximate surface area is 178 Å². The molecule has 0 aliphatic carbocycles. The topological polar surface area (TPSA) is 58.1 Å². The number of nitrogens with zero attached hydrogens (tertiary/aromatic N) is 3. The van der Waals surface area contributed by atoms with E-state index in [0.717, 1.165) is 48.3 Å². The molecular weight excluding hydrogens is 372 g/mol. The lowest BCUT2D eigenvalue weighted by atomic mass is 9.98. The molecule has 1 aromatic carbocycles. The van der Waals surface area contributed by atoms with Crippen molar-refractivity contribution >= 4 is 28.3 Å². The second-order valence-corrected chi connectivity index (χ2v) is 8.35. The first kappa shape index (κ1) is 20.3. The van der Waals surface area contributed by atoms with Gasteiger partial charge in [0, 0.05) is 35.6 Å². The normalized spacial score (nSPS) is 16.7. The molecule has 3 heterocycles. The van der Waals surface area contributed by atoms with Crippen LogP contribution in [0.25, 0.3) is 11.0 Å². The number of aryl methyl sites for hydroxylation is 3. The molecular formula is C25H30N4O. The van der Waals surface area contributed by atoms with Gasteiger partial charge >= 0.3 is 0 Å². The van der Waals surface area contributed by atoms with Gasteiger partial charge in [-0.05, 0) is 81.8 Å². The highest BCUT2D eigenvalue weighted by Gasteiger charge is 2.28. The molecule has 1 atom stereocenters. The van der Waals surface area contributed by atoms with E-state index in [1.165, 1.54) is 17.5 Å². The second-order valence-electron chi connectivity index (χ2n) is 8.35. The number of aromatic nitrogens is 2. The highest BCUT2D eigenvalue weighted by atomic mass is 16.2. The first-order valence-electron chi connectivity index (χ1n) is 10.9. The summed E-state index contributed by atoms with van der Waals surface area (Å²) in [5.41, 5.74) is 6.39. The maximum atomic E-state index is 13.6. The summed E-state index contributed by atoms with van der Waals surface area (Å²) in [7, 11) is 0. The van der Waals surface area contributed by atoms with Gasteiger partial charge in [0.2, 0.25) is 0 Å². The second kappa shape index (κ2) is 8.42. The third-order valence-electron chi connectivity index (χ3n) is 6.23. The maximum absolute atomic E-state index is 13.6. The molecule has 1 N–H and O–H groups in total. The predicted molar refractivity (Wildman–Crippen MR) is 122 cm³/mol. The third kappa shape index (κ3) is 3.89. The minimum absolute atomic E-state index is 0.0582. The lowest BCUT2D eigenvalue weighted by Crippen LogP contribution is -2.43. The van der Waals surface area contributed by atoms with Crippen LogP contribution in [0.5, 0.6) is 0 Å². The van der Waals surface area contributed by atoms with Crippen molar-refractivity contribution in [1.29, 1.82) is 0 Å². The van der Waals surface area contributed by atoms with E-state index < -0.39 is 0 Å². The van der Waals surface area contributed by atoms with Crippen LogP contribution < -0.4 is 5.32 Å². The lowest BCUT2D eigenvalue weighted by molar-refractivity contribution is 0.0609. The van der Waals surface area contributed by atoms with E-state index in [9.17, 15) is 4.79 Å². The summed E-state index contributed by atoms with van der Waals surface area (Å²) in [6, 6.07) is 10.6. The minimum atomic E-state index is 0.0582. The fourth-order valence-corrected chi connectivity index (χ4v) is 4.28. The van der Waals surface area contributed by atoms with Crippen molar-refractivity contribution in [2.75, 3.05) is 11.9 Å². The summed E-state index contributed by atoms with van der Waals surface area (Å²) in [5, 5.41) is 4.40. The summed E-state index contributed by atoms with van der Waals surface area (Å²) < 4.78 is 0. The summed E-state index contributed by atoms with van der Waals surface area (Å²) in [4.78, 5) is 24.8. The number of benzene rings is 1. The SMILES string of the molecule is CC[C@H]1CCCCN1C(=O)c1cnc2nc(C)ccc2c1Nc1ccc(C)c(C)c1. The van der Waals surface area contributed by atoms with Gasteiger partial charge in [0.25, 0.3) is 5.91 Å². The molecule has 3 aromatic rings. The molecule has 0 radical (unpaired) electrons. The van der Waals surface area contributed by atoms with E-state index in [-0.39, 0.29) is 5.91 Å². The molecule has 0 unspecified atom stereocenters. The van der Waals surface area contributed by atoms with Crippen molar-refractivity contribution < 1.29 is 4.79 Å². The number of pyridine rings is 2. The first-order valence-corrected chi connectivity index (χ1v) is 10.9. The number of hydrogen-bond acceptors (Lipinski definition) is 4. The number of hydrogen-bond donors (Lipinski definition) is 1. The van der Waals surface area contributed by atoms with E-state index >= 15 is 0 Å². The van der Waals surface area contributed by atoms with Crippen molar-refractivity contribution in [3.63, 3.8) is 0 Å². The number of anilines is 2. The van der Waals surface area contributed by atoms with Crippen molar-refractivity contribution in [2.45, 2.75) is 59.4 Å². The lowest BCUT2D eigenvalue weighted by Gasteiger charge is -2.35. The number of fused-ring (bicyclic) bond motifs is 1. The van der Waals surface area contributed by atoms with Crippen LogP contribution in [-0.4, -0.2) is 33.4 Å². The Kier molecular flexibility index (Phi) is 5.71. The summed E-state index contributed by atoms with van der Waals surface area (Å²) in [6.45, 7) is 9.13. The Morgan fingerprint density at radius 2 is 1.97 bits per heavy atom. The van der Waals surface area contributed by atoms with Crippen molar-refractivity contribution in [2.24, 2.45) is 0 Å². The highest BCUT2D eigenvalue weighted by molar-refractivity contribution is 6.07. The molecule has 0 spiro atoms. The average Bonchev–Trinajstić information content (AvgIpc) is 2.75. The Morgan fingerprint density at radius 1 is 1.13 bits per heavy atom. The number of carbonyl (C=O) groups excluding carboxylic acids is 1. The van der Waals surface area contributed by atoms with E-state index in [0.29, 0.717) is 17.3 Å². The van der Waals surface area contributed by atoms with Gasteiger partial charge in [0.1, 0.15) is 0 Å². The van der Waals surface area contributed by atoms with Crippen molar-refractivity contribution in [3.8, 4) is 0 Å². The minimum Gasteiger partial charge on any atom is -0.354 e. The molecule has 5 nitrogen and oxygen atoms in total. The standard InChI is InChI=1S/C25H30N4O/c1-5-20-8-6-7-13-29(20)25(30)22-15-26-24-21(12-10-18(4)27-24)23(22)28-19-11-9-16(2)17(3)14-19/h9-12,14-15,20H,5-8,13H2,1-4H3,(H,26,27,28)/t20-/m0/s1. The summed E-state index contributed by atoms with van der Waals surface area (Å²) in [5.74, 6) is 0.0582. The predicted octanol–water partition coefficient (Wildman–Crippen LogP) is 5.70. The van der Waals surface area contributed by atoms with Gasteiger partial charge in [-0.25, -0.2) is 9.97 Å². The molecule has 156 valence electrons. The van der Waals surface area contributed by atoms with Gasteiger partial charge < -0.3 is 10.2 Å². The van der Waals surface area contributed by atoms with Crippen molar-refractivity contribution in [1.82, 2.24) is 14.9 Å². The first-order chi connectivity index (χ1) is 14.5. The zero-order valence-electron chi connectivity index (χ0n) is 18.3. The molecule has 1 fully saturated rings. The molecule has 0 bridgehead atoms. The largest absolute Gasteiger partial charge is 0.354 e. The van der Waals surface area contributed by atoms with E-state index in [1.807, 2.05) is 24.0 Å². The number of rotatable bonds is 4. The fraction of sp³-hybridized carbons (Fsp3) is 0.400. The van der Waals surface area contributed by atoms with E-state index in [1.54, 1.807) is 6.20 Å². The average molecular weight is 403 g/mol. The number of nitrogens with one attached hydrogen (secondary N) is 1. The summed E-state index contributed by atoms with van der Waals surface area (Å²) in [6.07, 6.45) is 6.00. The molecule has 2 aromatic heterocycles. The zero-order valence-corrected chi connectivity index (χ0v) is 18.3. The molecule has 30 heavy (non-hydrogen) atoms. The van der Waals surface area contributed by atoms with Crippen LogP contribution >= 0.6 is 0 Å². The molecule has 1 aliphatic heterocycles.